The molecule has 0 spiro atoms. The van der Waals surface area contributed by atoms with E-state index in [1.807, 2.05) is 36.4 Å². The number of hydrogen-bond donors (Lipinski definition) is 2. The number of para-hydroxylation sites is 1. The number of nitrogens with one attached hydrogen (secondary N) is 2. The minimum absolute atomic E-state index is 0.174. The lowest BCUT2D eigenvalue weighted by Gasteiger charge is -2.07. The maximum absolute atomic E-state index is 11.9. The number of anilines is 1. The van der Waals surface area contributed by atoms with E-state index in [4.69, 9.17) is 4.74 Å². The van der Waals surface area contributed by atoms with Crippen LogP contribution in [0.3, 0.4) is 0 Å². The van der Waals surface area contributed by atoms with Crippen LogP contribution in [0.15, 0.2) is 48.7 Å². The Morgan fingerprint density at radius 2 is 2.05 bits per heavy atom. The molecule has 1 aromatic carbocycles. The van der Waals surface area contributed by atoms with E-state index in [9.17, 15) is 4.79 Å². The Balaban J connectivity index is 1.69. The van der Waals surface area contributed by atoms with Gasteiger partial charge in [-0.1, -0.05) is 18.2 Å². The lowest BCUT2D eigenvalue weighted by molar-refractivity contribution is 0.0946. The lowest BCUT2D eigenvalue weighted by atomic mass is 10.3. The molecule has 0 fully saturated rings. The van der Waals surface area contributed by atoms with Gasteiger partial charge in [-0.05, 0) is 30.7 Å². The number of carbonyl (C=O) groups is 1. The number of nitrogens with zero attached hydrogens (tertiary/aromatic N) is 1. The van der Waals surface area contributed by atoms with Crippen molar-refractivity contribution in [3.05, 3.63) is 54.4 Å². The Morgan fingerprint density at radius 3 is 2.81 bits per heavy atom. The molecule has 0 radical (unpaired) electrons. The van der Waals surface area contributed by atoms with Gasteiger partial charge in [0.2, 0.25) is 0 Å². The largest absolute Gasteiger partial charge is 0.494 e. The number of hydrogen-bond acceptors (Lipinski definition) is 4. The van der Waals surface area contributed by atoms with Gasteiger partial charge in [-0.25, -0.2) is 0 Å². The van der Waals surface area contributed by atoms with E-state index < -0.39 is 0 Å². The SMILES string of the molecule is CNc1ccnc(C(=O)NCCCOc2ccccc2)c1. The molecular weight excluding hydrogens is 266 g/mol. The average Bonchev–Trinajstić information content (AvgIpc) is 2.55. The summed E-state index contributed by atoms with van der Waals surface area (Å²) in [4.78, 5) is 16.0. The Bertz CT molecular complexity index is 573. The minimum Gasteiger partial charge on any atom is -0.494 e. The third-order valence-electron chi connectivity index (χ3n) is 2.90. The summed E-state index contributed by atoms with van der Waals surface area (Å²) in [6.07, 6.45) is 2.35. The van der Waals surface area contributed by atoms with Crippen LogP contribution in [0.4, 0.5) is 5.69 Å². The number of rotatable bonds is 7. The molecule has 0 bridgehead atoms. The minimum atomic E-state index is -0.174. The highest BCUT2D eigenvalue weighted by Gasteiger charge is 2.06. The third kappa shape index (κ3) is 4.80. The standard InChI is InChI=1S/C16H19N3O2/c1-17-13-8-10-18-15(12-13)16(20)19-9-5-11-21-14-6-3-2-4-7-14/h2-4,6-8,10,12H,5,9,11H2,1H3,(H,17,18)(H,19,20). The highest BCUT2D eigenvalue weighted by atomic mass is 16.5. The summed E-state index contributed by atoms with van der Waals surface area (Å²) in [5, 5.41) is 5.80. The first-order valence-electron chi connectivity index (χ1n) is 6.89. The zero-order valence-electron chi connectivity index (χ0n) is 12.0. The van der Waals surface area contributed by atoms with Crippen LogP contribution < -0.4 is 15.4 Å². The first-order chi connectivity index (χ1) is 10.3. The van der Waals surface area contributed by atoms with Gasteiger partial charge in [-0.15, -0.1) is 0 Å². The number of aromatic nitrogens is 1. The number of pyridine rings is 1. The van der Waals surface area contributed by atoms with Crippen molar-refractivity contribution in [3.63, 3.8) is 0 Å². The topological polar surface area (TPSA) is 63.2 Å². The van der Waals surface area contributed by atoms with Crippen molar-refractivity contribution in [2.24, 2.45) is 0 Å². The first kappa shape index (κ1) is 14.8. The number of amides is 1. The summed E-state index contributed by atoms with van der Waals surface area (Å²) in [5.74, 6) is 0.666. The maximum atomic E-state index is 11.9. The van der Waals surface area contributed by atoms with Gasteiger partial charge in [-0.2, -0.15) is 0 Å². The van der Waals surface area contributed by atoms with Crippen LogP contribution in [-0.2, 0) is 0 Å². The molecule has 2 N–H and O–H groups in total. The van der Waals surface area contributed by atoms with Crippen LogP contribution in [0, 0.1) is 0 Å². The van der Waals surface area contributed by atoms with Crippen molar-refractivity contribution in [1.29, 1.82) is 0 Å². The molecule has 0 saturated carbocycles. The van der Waals surface area contributed by atoms with E-state index >= 15 is 0 Å². The molecule has 5 nitrogen and oxygen atoms in total. The number of ether oxygens (including phenoxy) is 1. The summed E-state index contributed by atoms with van der Waals surface area (Å²) in [6, 6.07) is 13.1. The zero-order chi connectivity index (χ0) is 14.9. The van der Waals surface area contributed by atoms with Crippen molar-refractivity contribution in [3.8, 4) is 5.75 Å². The average molecular weight is 285 g/mol. The zero-order valence-corrected chi connectivity index (χ0v) is 12.0. The van der Waals surface area contributed by atoms with Crippen LogP contribution in [0.5, 0.6) is 5.75 Å². The molecule has 110 valence electrons. The summed E-state index contributed by atoms with van der Waals surface area (Å²) in [6.45, 7) is 1.12. The van der Waals surface area contributed by atoms with Gasteiger partial charge in [0.05, 0.1) is 6.61 Å². The van der Waals surface area contributed by atoms with Gasteiger partial charge in [-0.3, -0.25) is 9.78 Å². The normalized spacial score (nSPS) is 9.95. The van der Waals surface area contributed by atoms with Crippen LogP contribution in [0.25, 0.3) is 0 Å². The second kappa shape index (κ2) is 7.89. The van der Waals surface area contributed by atoms with Gasteiger partial charge < -0.3 is 15.4 Å². The summed E-state index contributed by atoms with van der Waals surface area (Å²) in [7, 11) is 1.80. The highest BCUT2D eigenvalue weighted by Crippen LogP contribution is 2.08. The second-order valence-electron chi connectivity index (χ2n) is 4.45. The Labute approximate surface area is 124 Å². The molecule has 1 aromatic heterocycles. The van der Waals surface area contributed by atoms with Crippen LogP contribution in [-0.4, -0.2) is 31.1 Å². The fourth-order valence-electron chi connectivity index (χ4n) is 1.78. The smallest absolute Gasteiger partial charge is 0.269 e. The van der Waals surface area contributed by atoms with Gasteiger partial charge in [0, 0.05) is 25.5 Å². The van der Waals surface area contributed by atoms with Gasteiger partial charge >= 0.3 is 0 Å². The van der Waals surface area contributed by atoms with Gasteiger partial charge in [0.25, 0.3) is 5.91 Å². The molecular formula is C16H19N3O2. The third-order valence-corrected chi connectivity index (χ3v) is 2.90. The maximum Gasteiger partial charge on any atom is 0.269 e. The van der Waals surface area contributed by atoms with Crippen LogP contribution in [0.2, 0.25) is 0 Å². The molecule has 1 heterocycles. The molecule has 2 aromatic rings. The molecule has 21 heavy (non-hydrogen) atoms. The number of benzene rings is 1. The van der Waals surface area contributed by atoms with E-state index in [1.165, 1.54) is 0 Å². The second-order valence-corrected chi connectivity index (χ2v) is 4.45. The van der Waals surface area contributed by atoms with E-state index in [0.717, 1.165) is 17.9 Å². The summed E-state index contributed by atoms with van der Waals surface area (Å²) >= 11 is 0. The lowest BCUT2D eigenvalue weighted by Crippen LogP contribution is -2.26. The highest BCUT2D eigenvalue weighted by molar-refractivity contribution is 5.93. The molecule has 1 amide bonds. The Kier molecular flexibility index (Phi) is 5.58. The van der Waals surface area contributed by atoms with Gasteiger partial charge in [0.15, 0.2) is 0 Å². The molecule has 0 aliphatic rings. The Hall–Kier alpha value is -2.56. The summed E-state index contributed by atoms with van der Waals surface area (Å²) in [5.41, 5.74) is 1.27. The monoisotopic (exact) mass is 285 g/mol. The van der Waals surface area contributed by atoms with Crippen molar-refractivity contribution < 1.29 is 9.53 Å². The van der Waals surface area contributed by atoms with Crippen molar-refractivity contribution in [1.82, 2.24) is 10.3 Å². The predicted octanol–water partition coefficient (Wildman–Crippen LogP) is 2.32. The Morgan fingerprint density at radius 1 is 1.24 bits per heavy atom. The van der Waals surface area contributed by atoms with Crippen molar-refractivity contribution >= 4 is 11.6 Å². The van der Waals surface area contributed by atoms with Crippen LogP contribution >= 0.6 is 0 Å². The van der Waals surface area contributed by atoms with Crippen LogP contribution in [0.1, 0.15) is 16.9 Å². The molecule has 0 aliphatic heterocycles. The predicted molar refractivity (Wildman–Crippen MR) is 82.7 cm³/mol. The quantitative estimate of drug-likeness (QED) is 0.766. The van der Waals surface area contributed by atoms with E-state index in [1.54, 1.807) is 19.3 Å². The molecule has 0 saturated heterocycles. The first-order valence-corrected chi connectivity index (χ1v) is 6.89. The van der Waals surface area contributed by atoms with E-state index in [2.05, 4.69) is 15.6 Å². The molecule has 0 atom stereocenters. The van der Waals surface area contributed by atoms with Gasteiger partial charge in [0.1, 0.15) is 11.4 Å². The fraction of sp³-hybridized carbons (Fsp3) is 0.250. The molecule has 0 unspecified atom stereocenters. The number of carbonyl (C=O) groups excluding carboxylic acids is 1. The summed E-state index contributed by atoms with van der Waals surface area (Å²) < 4.78 is 5.55. The van der Waals surface area contributed by atoms with E-state index in [0.29, 0.717) is 18.8 Å². The molecule has 0 aliphatic carbocycles. The van der Waals surface area contributed by atoms with Crippen molar-refractivity contribution in [2.75, 3.05) is 25.5 Å². The van der Waals surface area contributed by atoms with Crippen molar-refractivity contribution in [2.45, 2.75) is 6.42 Å². The molecule has 2 rings (SSSR count). The van der Waals surface area contributed by atoms with E-state index in [-0.39, 0.29) is 5.91 Å². The molecule has 5 heteroatoms. The fourth-order valence-corrected chi connectivity index (χ4v) is 1.78.